The number of aryl methyl sites for hydroxylation is 1. The van der Waals surface area contributed by atoms with Gasteiger partial charge in [-0.15, -0.1) is 0 Å². The fourth-order valence-electron chi connectivity index (χ4n) is 2.64. The summed E-state index contributed by atoms with van der Waals surface area (Å²) in [4.78, 5) is 2.54. The van der Waals surface area contributed by atoms with E-state index in [4.69, 9.17) is 0 Å². The zero-order valence-electron chi connectivity index (χ0n) is 12.0. The lowest BCUT2D eigenvalue weighted by atomic mass is 9.91. The molecule has 0 amide bonds. The van der Waals surface area contributed by atoms with Crippen molar-refractivity contribution in [1.82, 2.24) is 5.32 Å². The Morgan fingerprint density at radius 1 is 1.22 bits per heavy atom. The zero-order chi connectivity index (χ0) is 13.0. The molecule has 0 aliphatic carbocycles. The predicted octanol–water partition coefficient (Wildman–Crippen LogP) is 3.07. The van der Waals surface area contributed by atoms with Gasteiger partial charge in [-0.25, -0.2) is 0 Å². The smallest absolute Gasteiger partial charge is 0.0366 e. The van der Waals surface area contributed by atoms with E-state index in [1.165, 1.54) is 17.7 Å². The second kappa shape index (κ2) is 5.75. The maximum atomic E-state index is 3.54. The highest BCUT2D eigenvalue weighted by molar-refractivity contribution is 5.48. The molecule has 1 fully saturated rings. The van der Waals surface area contributed by atoms with Crippen LogP contribution in [0.25, 0.3) is 0 Å². The molecule has 0 saturated carbocycles. The molecule has 1 aliphatic rings. The fourth-order valence-corrected chi connectivity index (χ4v) is 2.64. The van der Waals surface area contributed by atoms with Crippen molar-refractivity contribution in [2.45, 2.75) is 33.6 Å². The van der Waals surface area contributed by atoms with Gasteiger partial charge in [0.05, 0.1) is 0 Å². The maximum Gasteiger partial charge on any atom is 0.0366 e. The Hall–Kier alpha value is -1.02. The van der Waals surface area contributed by atoms with E-state index >= 15 is 0 Å². The van der Waals surface area contributed by atoms with Gasteiger partial charge in [0.15, 0.2) is 0 Å². The van der Waals surface area contributed by atoms with Crippen LogP contribution in [0.2, 0.25) is 0 Å². The molecule has 1 N–H and O–H groups in total. The highest BCUT2D eigenvalue weighted by Crippen LogP contribution is 2.23. The van der Waals surface area contributed by atoms with Gasteiger partial charge in [0.1, 0.15) is 0 Å². The normalized spacial score (nSPS) is 20.3. The van der Waals surface area contributed by atoms with Crippen LogP contribution < -0.4 is 10.2 Å². The average molecular weight is 246 g/mol. The van der Waals surface area contributed by atoms with Gasteiger partial charge in [0, 0.05) is 25.3 Å². The van der Waals surface area contributed by atoms with Crippen LogP contribution in [0.4, 0.5) is 5.69 Å². The molecule has 1 aromatic rings. The van der Waals surface area contributed by atoms with Gasteiger partial charge in [-0.3, -0.25) is 0 Å². The maximum absolute atomic E-state index is 3.54. The number of hydrogen-bond acceptors (Lipinski definition) is 2. The topological polar surface area (TPSA) is 15.3 Å². The lowest BCUT2D eigenvalue weighted by Crippen LogP contribution is -2.44. The molecule has 2 rings (SSSR count). The molecule has 1 saturated heterocycles. The summed E-state index contributed by atoms with van der Waals surface area (Å²) in [6.07, 6.45) is 2.35. The Labute approximate surface area is 111 Å². The highest BCUT2D eigenvalue weighted by atomic mass is 15.1. The third kappa shape index (κ3) is 3.49. The molecule has 1 aliphatic heterocycles. The third-order valence-electron chi connectivity index (χ3n) is 3.71. The molecule has 0 atom stereocenters. The number of nitrogens with one attached hydrogen (secondary N) is 1. The molecule has 2 heteroatoms. The van der Waals surface area contributed by atoms with E-state index in [1.54, 1.807) is 0 Å². The van der Waals surface area contributed by atoms with Crippen LogP contribution in [-0.4, -0.2) is 26.2 Å². The first kappa shape index (κ1) is 13.4. The summed E-state index contributed by atoms with van der Waals surface area (Å²) >= 11 is 0. The molecule has 0 bridgehead atoms. The summed E-state index contributed by atoms with van der Waals surface area (Å²) in [5, 5.41) is 3.54. The van der Waals surface area contributed by atoms with Crippen LogP contribution in [0.1, 0.15) is 32.8 Å². The average Bonchev–Trinajstić information content (AvgIpc) is 2.34. The van der Waals surface area contributed by atoms with E-state index in [-0.39, 0.29) is 0 Å². The molecule has 0 spiro atoms. The van der Waals surface area contributed by atoms with E-state index in [2.05, 4.69) is 55.3 Å². The molecular formula is C16H26N2. The summed E-state index contributed by atoms with van der Waals surface area (Å²) in [5.41, 5.74) is 3.14. The number of rotatable bonds is 2. The molecule has 0 radical (unpaired) electrons. The van der Waals surface area contributed by atoms with Gasteiger partial charge >= 0.3 is 0 Å². The van der Waals surface area contributed by atoms with Gasteiger partial charge in [0.25, 0.3) is 0 Å². The Morgan fingerprint density at radius 3 is 2.61 bits per heavy atom. The van der Waals surface area contributed by atoms with Crippen molar-refractivity contribution in [3.63, 3.8) is 0 Å². The summed E-state index contributed by atoms with van der Waals surface area (Å²) in [7, 11) is 0. The van der Waals surface area contributed by atoms with Crippen molar-refractivity contribution < 1.29 is 0 Å². The molecule has 100 valence electrons. The largest absolute Gasteiger partial charge is 0.371 e. The Balaban J connectivity index is 2.12. The standard InChI is InChI=1S/C16H26N2/c1-4-14-6-8-15(9-7-14)18-11-5-10-17-12-16(2,3)13-18/h6-9,17H,4-5,10-13H2,1-3H3. The minimum absolute atomic E-state index is 0.337. The predicted molar refractivity (Wildman–Crippen MR) is 79.3 cm³/mol. The van der Waals surface area contributed by atoms with E-state index in [9.17, 15) is 0 Å². The van der Waals surface area contributed by atoms with Crippen LogP contribution in [0.3, 0.4) is 0 Å². The van der Waals surface area contributed by atoms with Gasteiger partial charge in [-0.2, -0.15) is 0 Å². The van der Waals surface area contributed by atoms with Crippen LogP contribution >= 0.6 is 0 Å². The third-order valence-corrected chi connectivity index (χ3v) is 3.71. The fraction of sp³-hybridized carbons (Fsp3) is 0.625. The lowest BCUT2D eigenvalue weighted by Gasteiger charge is -2.36. The Bertz CT molecular complexity index is 367. The van der Waals surface area contributed by atoms with E-state index in [0.29, 0.717) is 5.41 Å². The number of benzene rings is 1. The van der Waals surface area contributed by atoms with Crippen LogP contribution in [0.5, 0.6) is 0 Å². The lowest BCUT2D eigenvalue weighted by molar-refractivity contribution is 0.325. The molecule has 2 nitrogen and oxygen atoms in total. The first-order valence-electron chi connectivity index (χ1n) is 7.15. The van der Waals surface area contributed by atoms with Crippen molar-refractivity contribution in [3.8, 4) is 0 Å². The van der Waals surface area contributed by atoms with Crippen molar-refractivity contribution in [2.24, 2.45) is 5.41 Å². The number of nitrogens with zero attached hydrogens (tertiary/aromatic N) is 1. The van der Waals surface area contributed by atoms with Crippen molar-refractivity contribution in [2.75, 3.05) is 31.1 Å². The first-order chi connectivity index (χ1) is 8.61. The molecule has 1 heterocycles. The summed E-state index contributed by atoms with van der Waals surface area (Å²) in [6, 6.07) is 9.09. The van der Waals surface area contributed by atoms with Gasteiger partial charge in [-0.1, -0.05) is 32.9 Å². The first-order valence-corrected chi connectivity index (χ1v) is 7.15. The van der Waals surface area contributed by atoms with Gasteiger partial charge in [0.2, 0.25) is 0 Å². The molecule has 0 aromatic heterocycles. The SMILES string of the molecule is CCc1ccc(N2CCCNCC(C)(C)C2)cc1. The van der Waals surface area contributed by atoms with Crippen molar-refractivity contribution in [1.29, 1.82) is 0 Å². The van der Waals surface area contributed by atoms with E-state index in [1.807, 2.05) is 0 Å². The van der Waals surface area contributed by atoms with E-state index < -0.39 is 0 Å². The number of anilines is 1. The monoisotopic (exact) mass is 246 g/mol. The summed E-state index contributed by atoms with van der Waals surface area (Å²) < 4.78 is 0. The minimum atomic E-state index is 0.337. The molecule has 0 unspecified atom stereocenters. The van der Waals surface area contributed by atoms with Crippen LogP contribution in [0, 0.1) is 5.41 Å². The molecule has 18 heavy (non-hydrogen) atoms. The second-order valence-electron chi connectivity index (χ2n) is 6.14. The Morgan fingerprint density at radius 2 is 1.94 bits per heavy atom. The van der Waals surface area contributed by atoms with Crippen LogP contribution in [-0.2, 0) is 6.42 Å². The molecular weight excluding hydrogens is 220 g/mol. The molecule has 1 aromatic carbocycles. The minimum Gasteiger partial charge on any atom is -0.371 e. The second-order valence-corrected chi connectivity index (χ2v) is 6.14. The van der Waals surface area contributed by atoms with Gasteiger partial charge in [-0.05, 0) is 42.5 Å². The summed E-state index contributed by atoms with van der Waals surface area (Å²) in [6.45, 7) is 11.4. The van der Waals surface area contributed by atoms with Crippen molar-refractivity contribution >= 4 is 5.69 Å². The number of hydrogen-bond donors (Lipinski definition) is 1. The van der Waals surface area contributed by atoms with Gasteiger partial charge < -0.3 is 10.2 Å². The van der Waals surface area contributed by atoms with Crippen LogP contribution in [0.15, 0.2) is 24.3 Å². The Kier molecular flexibility index (Phi) is 4.28. The highest BCUT2D eigenvalue weighted by Gasteiger charge is 2.23. The quantitative estimate of drug-likeness (QED) is 0.862. The van der Waals surface area contributed by atoms with E-state index in [0.717, 1.165) is 32.6 Å². The zero-order valence-corrected chi connectivity index (χ0v) is 12.0. The van der Waals surface area contributed by atoms with Crippen molar-refractivity contribution in [3.05, 3.63) is 29.8 Å². The summed E-state index contributed by atoms with van der Waals surface area (Å²) in [5.74, 6) is 0.